The molecule has 2 rings (SSSR count). The molecule has 0 unspecified atom stereocenters. The normalized spacial score (nSPS) is 11.0. The van der Waals surface area contributed by atoms with Crippen molar-refractivity contribution in [2.75, 3.05) is 6.61 Å². The quantitative estimate of drug-likeness (QED) is 0.897. The van der Waals surface area contributed by atoms with Crippen molar-refractivity contribution < 1.29 is 9.84 Å². The molecule has 0 amide bonds. The first-order valence-corrected chi connectivity index (χ1v) is 6.46. The minimum absolute atomic E-state index is 0.0927. The van der Waals surface area contributed by atoms with Crippen LogP contribution in [0.4, 0.5) is 0 Å². The van der Waals surface area contributed by atoms with E-state index in [0.29, 0.717) is 12.3 Å². The van der Waals surface area contributed by atoms with E-state index in [2.05, 4.69) is 24.2 Å². The fraction of sp³-hybridized carbons (Fsp3) is 0.429. The SMILES string of the molecule is CCOc1ccc(-n2nnc(CO)c2C(C)C)cc1. The maximum Gasteiger partial charge on any atom is 0.119 e. The molecule has 0 aliphatic heterocycles. The third kappa shape index (κ3) is 2.76. The predicted molar refractivity (Wildman–Crippen MR) is 72.5 cm³/mol. The molecule has 1 N–H and O–H groups in total. The lowest BCUT2D eigenvalue weighted by atomic mass is 10.1. The largest absolute Gasteiger partial charge is 0.494 e. The standard InChI is InChI=1S/C14H19N3O2/c1-4-19-12-7-5-11(6-8-12)17-14(10(2)3)13(9-18)15-16-17/h5-8,10,18H,4,9H2,1-3H3. The average molecular weight is 261 g/mol. The van der Waals surface area contributed by atoms with E-state index < -0.39 is 0 Å². The fourth-order valence-electron chi connectivity index (χ4n) is 2.05. The van der Waals surface area contributed by atoms with Gasteiger partial charge in [-0.25, -0.2) is 4.68 Å². The summed E-state index contributed by atoms with van der Waals surface area (Å²) in [5.41, 5.74) is 2.48. The van der Waals surface area contributed by atoms with Gasteiger partial charge in [0.1, 0.15) is 11.4 Å². The summed E-state index contributed by atoms with van der Waals surface area (Å²) in [6, 6.07) is 7.69. The van der Waals surface area contributed by atoms with Gasteiger partial charge in [0, 0.05) is 0 Å². The van der Waals surface area contributed by atoms with E-state index in [0.717, 1.165) is 17.1 Å². The van der Waals surface area contributed by atoms with E-state index >= 15 is 0 Å². The Hall–Kier alpha value is -1.88. The maximum absolute atomic E-state index is 9.31. The molecule has 1 heterocycles. The first-order chi connectivity index (χ1) is 9.17. The van der Waals surface area contributed by atoms with E-state index in [1.165, 1.54) is 0 Å². The molecule has 0 aliphatic rings. The molecular weight excluding hydrogens is 242 g/mol. The number of hydrogen-bond donors (Lipinski definition) is 1. The third-order valence-corrected chi connectivity index (χ3v) is 2.87. The summed E-state index contributed by atoms with van der Waals surface area (Å²) in [5.74, 6) is 1.07. The van der Waals surface area contributed by atoms with Gasteiger partial charge in [-0.1, -0.05) is 19.1 Å². The Morgan fingerprint density at radius 3 is 2.47 bits per heavy atom. The van der Waals surface area contributed by atoms with Gasteiger partial charge < -0.3 is 9.84 Å². The van der Waals surface area contributed by atoms with E-state index in [4.69, 9.17) is 4.74 Å². The minimum atomic E-state index is -0.0927. The molecule has 0 fully saturated rings. The Bertz CT molecular complexity index is 532. The van der Waals surface area contributed by atoms with Gasteiger partial charge in [0.05, 0.1) is 24.6 Å². The topological polar surface area (TPSA) is 60.2 Å². The van der Waals surface area contributed by atoms with Crippen LogP contribution in [0.25, 0.3) is 5.69 Å². The summed E-state index contributed by atoms with van der Waals surface area (Å²) < 4.78 is 7.19. The number of aromatic nitrogens is 3. The van der Waals surface area contributed by atoms with Crippen LogP contribution < -0.4 is 4.74 Å². The number of nitrogens with zero attached hydrogens (tertiary/aromatic N) is 3. The molecule has 19 heavy (non-hydrogen) atoms. The van der Waals surface area contributed by atoms with Crippen molar-refractivity contribution in [3.8, 4) is 11.4 Å². The smallest absolute Gasteiger partial charge is 0.119 e. The van der Waals surface area contributed by atoms with Crippen LogP contribution in [0.5, 0.6) is 5.75 Å². The van der Waals surface area contributed by atoms with Crippen LogP contribution in [0, 0.1) is 0 Å². The summed E-state index contributed by atoms with van der Waals surface area (Å²) in [6.07, 6.45) is 0. The molecule has 1 aromatic carbocycles. The van der Waals surface area contributed by atoms with Gasteiger partial charge in [0.25, 0.3) is 0 Å². The molecular formula is C14H19N3O2. The van der Waals surface area contributed by atoms with Crippen molar-refractivity contribution in [1.29, 1.82) is 0 Å². The van der Waals surface area contributed by atoms with Crippen molar-refractivity contribution in [2.45, 2.75) is 33.3 Å². The van der Waals surface area contributed by atoms with Crippen LogP contribution >= 0.6 is 0 Å². The molecule has 5 heteroatoms. The zero-order chi connectivity index (χ0) is 13.8. The summed E-state index contributed by atoms with van der Waals surface area (Å²) in [6.45, 7) is 6.63. The zero-order valence-corrected chi connectivity index (χ0v) is 11.5. The highest BCUT2D eigenvalue weighted by Gasteiger charge is 2.16. The van der Waals surface area contributed by atoms with Crippen molar-refractivity contribution in [2.24, 2.45) is 0 Å². The molecule has 102 valence electrons. The second-order valence-corrected chi connectivity index (χ2v) is 4.57. The highest BCUT2D eigenvalue weighted by molar-refractivity contribution is 5.38. The predicted octanol–water partition coefficient (Wildman–Crippen LogP) is 2.28. The van der Waals surface area contributed by atoms with Crippen molar-refractivity contribution in [3.63, 3.8) is 0 Å². The third-order valence-electron chi connectivity index (χ3n) is 2.87. The number of hydrogen-bond acceptors (Lipinski definition) is 4. The summed E-state index contributed by atoms with van der Waals surface area (Å²) >= 11 is 0. The summed E-state index contributed by atoms with van der Waals surface area (Å²) in [5, 5.41) is 17.4. The number of benzene rings is 1. The van der Waals surface area contributed by atoms with Gasteiger partial charge in [-0.15, -0.1) is 5.10 Å². The van der Waals surface area contributed by atoms with Gasteiger partial charge in [0.15, 0.2) is 0 Å². The Morgan fingerprint density at radius 1 is 1.26 bits per heavy atom. The molecule has 0 spiro atoms. The Balaban J connectivity index is 2.38. The van der Waals surface area contributed by atoms with E-state index in [1.807, 2.05) is 31.2 Å². The van der Waals surface area contributed by atoms with Crippen LogP contribution in [0.15, 0.2) is 24.3 Å². The first kappa shape index (κ1) is 13.5. The number of aliphatic hydroxyl groups is 1. The van der Waals surface area contributed by atoms with Crippen LogP contribution in [0.2, 0.25) is 0 Å². The molecule has 0 saturated heterocycles. The van der Waals surface area contributed by atoms with E-state index in [1.54, 1.807) is 4.68 Å². The van der Waals surface area contributed by atoms with Crippen LogP contribution in [0.1, 0.15) is 38.1 Å². The van der Waals surface area contributed by atoms with E-state index in [-0.39, 0.29) is 12.5 Å². The van der Waals surface area contributed by atoms with Crippen molar-refractivity contribution in [3.05, 3.63) is 35.7 Å². The van der Waals surface area contributed by atoms with Gasteiger partial charge in [-0.2, -0.15) is 0 Å². The fourth-order valence-corrected chi connectivity index (χ4v) is 2.05. The average Bonchev–Trinajstić information content (AvgIpc) is 2.84. The summed E-state index contributed by atoms with van der Waals surface area (Å²) in [4.78, 5) is 0. The zero-order valence-electron chi connectivity index (χ0n) is 11.5. The molecule has 0 aliphatic carbocycles. The van der Waals surface area contributed by atoms with Crippen molar-refractivity contribution in [1.82, 2.24) is 15.0 Å². The minimum Gasteiger partial charge on any atom is -0.494 e. The number of ether oxygens (including phenoxy) is 1. The number of aliphatic hydroxyl groups excluding tert-OH is 1. The highest BCUT2D eigenvalue weighted by atomic mass is 16.5. The highest BCUT2D eigenvalue weighted by Crippen LogP contribution is 2.22. The second kappa shape index (κ2) is 5.84. The first-order valence-electron chi connectivity index (χ1n) is 6.46. The van der Waals surface area contributed by atoms with Gasteiger partial charge in [0.2, 0.25) is 0 Å². The van der Waals surface area contributed by atoms with Gasteiger partial charge >= 0.3 is 0 Å². The molecule has 0 bridgehead atoms. The number of rotatable bonds is 5. The molecule has 1 aromatic heterocycles. The van der Waals surface area contributed by atoms with Gasteiger partial charge in [-0.05, 0) is 37.1 Å². The lowest BCUT2D eigenvalue weighted by Gasteiger charge is -2.11. The van der Waals surface area contributed by atoms with Crippen molar-refractivity contribution >= 4 is 0 Å². The monoisotopic (exact) mass is 261 g/mol. The van der Waals surface area contributed by atoms with Crippen LogP contribution in [-0.4, -0.2) is 26.7 Å². The van der Waals surface area contributed by atoms with Gasteiger partial charge in [-0.3, -0.25) is 0 Å². The lowest BCUT2D eigenvalue weighted by molar-refractivity contribution is 0.275. The maximum atomic E-state index is 9.31. The Labute approximate surface area is 112 Å². The molecule has 5 nitrogen and oxygen atoms in total. The Kier molecular flexibility index (Phi) is 4.16. The van der Waals surface area contributed by atoms with Crippen LogP contribution in [-0.2, 0) is 6.61 Å². The Morgan fingerprint density at radius 2 is 1.95 bits per heavy atom. The second-order valence-electron chi connectivity index (χ2n) is 4.57. The summed E-state index contributed by atoms with van der Waals surface area (Å²) in [7, 11) is 0. The van der Waals surface area contributed by atoms with Crippen LogP contribution in [0.3, 0.4) is 0 Å². The molecule has 0 radical (unpaired) electrons. The molecule has 0 saturated carbocycles. The lowest BCUT2D eigenvalue weighted by Crippen LogP contribution is -2.05. The van der Waals surface area contributed by atoms with E-state index in [9.17, 15) is 5.11 Å². The molecule has 0 atom stereocenters. The molecule has 2 aromatic rings.